The molecule has 1 aromatic carbocycles. The molecule has 1 aliphatic carbocycles. The first-order valence-corrected chi connectivity index (χ1v) is 9.00. The number of fused-ring (bicyclic) bond motifs is 5. The second kappa shape index (κ2) is 4.65. The minimum Gasteiger partial charge on any atom is -0.497 e. The molecular formula is C19H24N2O2. The Labute approximate surface area is 137 Å². The van der Waals surface area contributed by atoms with Gasteiger partial charge in [-0.05, 0) is 55.7 Å². The third-order valence-corrected chi connectivity index (χ3v) is 6.78. The number of hydrogen-bond donors (Lipinski definition) is 0. The summed E-state index contributed by atoms with van der Waals surface area (Å²) in [7, 11) is 1.72. The molecule has 4 nitrogen and oxygen atoms in total. The van der Waals surface area contributed by atoms with Crippen LogP contribution in [0.25, 0.3) is 0 Å². The van der Waals surface area contributed by atoms with Crippen LogP contribution in [0.3, 0.4) is 0 Å². The average Bonchev–Trinajstić information content (AvgIpc) is 3.29. The van der Waals surface area contributed by atoms with Crippen molar-refractivity contribution in [1.82, 2.24) is 9.80 Å². The number of carbonyl (C=O) groups is 1. The Balaban J connectivity index is 1.68. The lowest BCUT2D eigenvalue weighted by Gasteiger charge is -2.38. The van der Waals surface area contributed by atoms with Gasteiger partial charge in [0.2, 0.25) is 0 Å². The van der Waals surface area contributed by atoms with E-state index in [9.17, 15) is 4.79 Å². The molecule has 1 saturated carbocycles. The largest absolute Gasteiger partial charge is 0.497 e. The first kappa shape index (κ1) is 13.7. The van der Waals surface area contributed by atoms with Crippen LogP contribution in [0.1, 0.15) is 44.1 Å². The Morgan fingerprint density at radius 2 is 2.13 bits per heavy atom. The lowest BCUT2D eigenvalue weighted by Crippen LogP contribution is -2.46. The number of hydrogen-bond acceptors (Lipinski definition) is 2. The lowest BCUT2D eigenvalue weighted by molar-refractivity contribution is 0.144. The molecule has 0 spiro atoms. The molecule has 5 rings (SSSR count). The van der Waals surface area contributed by atoms with E-state index in [2.05, 4.69) is 28.0 Å². The summed E-state index contributed by atoms with van der Waals surface area (Å²) >= 11 is 0. The van der Waals surface area contributed by atoms with Crippen molar-refractivity contribution in [3.8, 4) is 5.75 Å². The van der Waals surface area contributed by atoms with E-state index in [1.807, 2.05) is 6.07 Å². The monoisotopic (exact) mass is 312 g/mol. The van der Waals surface area contributed by atoms with Gasteiger partial charge >= 0.3 is 6.03 Å². The Bertz CT molecular complexity index is 661. The summed E-state index contributed by atoms with van der Waals surface area (Å²) in [6.45, 7) is 0.934. The van der Waals surface area contributed by atoms with E-state index in [0.29, 0.717) is 24.0 Å². The van der Waals surface area contributed by atoms with Crippen molar-refractivity contribution >= 4 is 6.03 Å². The molecule has 23 heavy (non-hydrogen) atoms. The summed E-state index contributed by atoms with van der Waals surface area (Å²) in [6.07, 6.45) is 7.16. The second-order valence-electron chi connectivity index (χ2n) is 7.62. The highest BCUT2D eigenvalue weighted by Crippen LogP contribution is 2.59. The van der Waals surface area contributed by atoms with E-state index >= 15 is 0 Å². The van der Waals surface area contributed by atoms with Gasteiger partial charge in [0.25, 0.3) is 0 Å². The van der Waals surface area contributed by atoms with Crippen molar-refractivity contribution in [2.45, 2.75) is 56.1 Å². The van der Waals surface area contributed by atoms with E-state index in [-0.39, 0.29) is 5.54 Å². The van der Waals surface area contributed by atoms with Gasteiger partial charge in [-0.25, -0.2) is 4.79 Å². The van der Waals surface area contributed by atoms with E-state index in [4.69, 9.17) is 4.74 Å². The first-order valence-electron chi connectivity index (χ1n) is 9.00. The molecule has 4 heteroatoms. The highest BCUT2D eigenvalue weighted by Gasteiger charge is 2.66. The Morgan fingerprint density at radius 3 is 3.00 bits per heavy atom. The molecule has 0 radical (unpaired) electrons. The zero-order valence-electron chi connectivity index (χ0n) is 13.7. The Hall–Kier alpha value is -1.71. The predicted octanol–water partition coefficient (Wildman–Crippen LogP) is 3.36. The van der Waals surface area contributed by atoms with Crippen molar-refractivity contribution in [3.63, 3.8) is 0 Å². The number of benzene rings is 1. The summed E-state index contributed by atoms with van der Waals surface area (Å²) in [6, 6.07) is 9.58. The normalized spacial score (nSPS) is 38.0. The molecule has 4 atom stereocenters. The summed E-state index contributed by atoms with van der Waals surface area (Å²) in [5, 5.41) is 0. The standard InChI is InChI=1S/C19H24N2O2/c1-23-15-7-3-6-14(11-15)19-12-13-5-2-8-16(13)21(19)18(22)20-10-4-9-17(19)20/h3,6-7,11,13,16-17H,2,4-5,8-10,12H2,1H3/t13-,16-,17-,19-/m1/s1. The fourth-order valence-corrected chi connectivity index (χ4v) is 5.97. The van der Waals surface area contributed by atoms with Gasteiger partial charge in [0.05, 0.1) is 18.7 Å². The smallest absolute Gasteiger partial charge is 0.321 e. The number of amides is 2. The zero-order valence-corrected chi connectivity index (χ0v) is 13.7. The summed E-state index contributed by atoms with van der Waals surface area (Å²) in [5.41, 5.74) is 1.17. The minimum absolute atomic E-state index is 0.113. The molecule has 4 fully saturated rings. The van der Waals surface area contributed by atoms with Gasteiger partial charge in [-0.15, -0.1) is 0 Å². The van der Waals surface area contributed by atoms with Crippen LogP contribution in [0.4, 0.5) is 4.79 Å². The molecule has 2 amide bonds. The highest BCUT2D eigenvalue weighted by atomic mass is 16.5. The van der Waals surface area contributed by atoms with Crippen LogP contribution >= 0.6 is 0 Å². The molecule has 3 saturated heterocycles. The van der Waals surface area contributed by atoms with E-state index < -0.39 is 0 Å². The topological polar surface area (TPSA) is 32.8 Å². The predicted molar refractivity (Wildman–Crippen MR) is 87.4 cm³/mol. The molecule has 0 aromatic heterocycles. The van der Waals surface area contributed by atoms with Gasteiger partial charge in [-0.2, -0.15) is 0 Å². The second-order valence-corrected chi connectivity index (χ2v) is 7.62. The number of rotatable bonds is 2. The molecular weight excluding hydrogens is 288 g/mol. The maximum Gasteiger partial charge on any atom is 0.321 e. The highest BCUT2D eigenvalue weighted by molar-refractivity contribution is 5.81. The SMILES string of the molecule is COc1cccc([C@@]23C[C@H]4CCC[C@H]4N2C(=O)N2CCC[C@@H]23)c1. The van der Waals surface area contributed by atoms with Crippen LogP contribution in [0.2, 0.25) is 0 Å². The van der Waals surface area contributed by atoms with E-state index in [1.165, 1.54) is 24.8 Å². The average molecular weight is 312 g/mol. The number of methoxy groups -OCH3 is 1. The first-order chi connectivity index (χ1) is 11.3. The van der Waals surface area contributed by atoms with Crippen LogP contribution in [0, 0.1) is 5.92 Å². The van der Waals surface area contributed by atoms with Crippen molar-refractivity contribution in [3.05, 3.63) is 29.8 Å². The van der Waals surface area contributed by atoms with Crippen molar-refractivity contribution < 1.29 is 9.53 Å². The van der Waals surface area contributed by atoms with Gasteiger partial charge in [0, 0.05) is 12.6 Å². The molecule has 1 aromatic rings. The number of urea groups is 1. The third-order valence-electron chi connectivity index (χ3n) is 6.78. The summed E-state index contributed by atoms with van der Waals surface area (Å²) < 4.78 is 5.47. The van der Waals surface area contributed by atoms with Gasteiger partial charge in [0.15, 0.2) is 0 Å². The van der Waals surface area contributed by atoms with Gasteiger partial charge in [0.1, 0.15) is 5.75 Å². The number of nitrogens with zero attached hydrogens (tertiary/aromatic N) is 2. The molecule has 122 valence electrons. The van der Waals surface area contributed by atoms with Crippen LogP contribution in [0.5, 0.6) is 5.75 Å². The van der Waals surface area contributed by atoms with Gasteiger partial charge in [-0.3, -0.25) is 0 Å². The fourth-order valence-electron chi connectivity index (χ4n) is 5.97. The molecule has 4 aliphatic rings. The van der Waals surface area contributed by atoms with Crippen molar-refractivity contribution in [2.24, 2.45) is 5.92 Å². The molecule has 3 heterocycles. The maximum absolute atomic E-state index is 13.2. The molecule has 0 N–H and O–H groups in total. The van der Waals surface area contributed by atoms with Crippen molar-refractivity contribution in [2.75, 3.05) is 13.7 Å². The Morgan fingerprint density at radius 1 is 1.22 bits per heavy atom. The molecule has 3 aliphatic heterocycles. The zero-order chi connectivity index (χ0) is 15.6. The Kier molecular flexibility index (Phi) is 2.77. The van der Waals surface area contributed by atoms with Crippen LogP contribution in [0.15, 0.2) is 24.3 Å². The quantitative estimate of drug-likeness (QED) is 0.839. The number of ether oxygens (including phenoxy) is 1. The molecule has 0 unspecified atom stereocenters. The van der Waals surface area contributed by atoms with Crippen LogP contribution in [-0.4, -0.2) is 41.6 Å². The van der Waals surface area contributed by atoms with Gasteiger partial charge in [-0.1, -0.05) is 18.6 Å². The van der Waals surface area contributed by atoms with Crippen molar-refractivity contribution in [1.29, 1.82) is 0 Å². The lowest BCUT2D eigenvalue weighted by atomic mass is 9.78. The van der Waals surface area contributed by atoms with Crippen LogP contribution in [-0.2, 0) is 5.54 Å². The fraction of sp³-hybridized carbons (Fsp3) is 0.632. The van der Waals surface area contributed by atoms with E-state index in [0.717, 1.165) is 31.6 Å². The summed E-state index contributed by atoms with van der Waals surface area (Å²) in [5.74, 6) is 1.59. The molecule has 0 bridgehead atoms. The van der Waals surface area contributed by atoms with Crippen LogP contribution < -0.4 is 4.74 Å². The maximum atomic E-state index is 13.2. The number of carbonyl (C=O) groups excluding carboxylic acids is 1. The third kappa shape index (κ3) is 1.59. The minimum atomic E-state index is -0.113. The van der Waals surface area contributed by atoms with Gasteiger partial charge < -0.3 is 14.5 Å². The van der Waals surface area contributed by atoms with E-state index in [1.54, 1.807) is 7.11 Å². The summed E-state index contributed by atoms with van der Waals surface area (Å²) in [4.78, 5) is 17.6.